The summed E-state index contributed by atoms with van der Waals surface area (Å²) in [5.41, 5.74) is 0.690. The number of benzene rings is 1. The van der Waals surface area contributed by atoms with Gasteiger partial charge in [0.2, 0.25) is 0 Å². The highest BCUT2D eigenvalue weighted by atomic mass is 19.1. The number of nitrogens with zero attached hydrogens (tertiary/aromatic N) is 2. The molecule has 0 fully saturated rings. The van der Waals surface area contributed by atoms with E-state index >= 15 is 0 Å². The zero-order valence-corrected chi connectivity index (χ0v) is 22.5. The van der Waals surface area contributed by atoms with Crippen molar-refractivity contribution < 1.29 is 27.9 Å². The molecule has 3 N–H and O–H groups in total. The third kappa shape index (κ3) is 8.97. The second-order valence-corrected chi connectivity index (χ2v) is 9.53. The molecule has 0 saturated carbocycles. The van der Waals surface area contributed by atoms with Crippen molar-refractivity contribution in [3.63, 3.8) is 0 Å². The van der Waals surface area contributed by atoms with Gasteiger partial charge in [0.05, 0.1) is 29.8 Å². The van der Waals surface area contributed by atoms with Gasteiger partial charge in [0.25, 0.3) is 11.8 Å². The van der Waals surface area contributed by atoms with Gasteiger partial charge < -0.3 is 25.1 Å². The molecule has 0 spiro atoms. The Bertz CT molecular complexity index is 1220. The number of carbonyl (C=O) groups is 2. The van der Waals surface area contributed by atoms with Crippen LogP contribution >= 0.6 is 0 Å². The first-order chi connectivity index (χ1) is 18.7. The van der Waals surface area contributed by atoms with Crippen molar-refractivity contribution >= 4 is 11.8 Å². The second kappa shape index (κ2) is 14.5. The van der Waals surface area contributed by atoms with Gasteiger partial charge in [-0.05, 0) is 62.1 Å². The number of hydrogen-bond donors (Lipinski definition) is 3. The van der Waals surface area contributed by atoms with Crippen LogP contribution in [0.25, 0.3) is 0 Å². The molecule has 2 atom stereocenters. The molecule has 3 rings (SSSR count). The fraction of sp³-hybridized carbons (Fsp3) is 0.414. The summed E-state index contributed by atoms with van der Waals surface area (Å²) in [5, 5.41) is 16.8. The molecule has 2 aromatic heterocycles. The maximum absolute atomic E-state index is 13.8. The number of nitrogens with one attached hydrogen (secondary N) is 2. The van der Waals surface area contributed by atoms with Crippen LogP contribution in [0.1, 0.15) is 64.5 Å². The molecule has 3 aromatic rings. The molecule has 0 unspecified atom stereocenters. The molecule has 0 saturated heterocycles. The molecule has 2 amide bonds. The van der Waals surface area contributed by atoms with E-state index in [-0.39, 0.29) is 35.6 Å². The average molecular weight is 543 g/mol. The maximum atomic E-state index is 13.8. The van der Waals surface area contributed by atoms with Crippen molar-refractivity contribution in [3.05, 3.63) is 88.6 Å². The van der Waals surface area contributed by atoms with Crippen molar-refractivity contribution in [2.24, 2.45) is 0 Å². The molecular weight excluding hydrogens is 506 g/mol. The molecule has 0 aliphatic heterocycles. The van der Waals surface area contributed by atoms with Gasteiger partial charge in [0.15, 0.2) is 0 Å². The van der Waals surface area contributed by atoms with Gasteiger partial charge in [0.1, 0.15) is 23.2 Å². The van der Waals surface area contributed by atoms with Crippen LogP contribution in [0.2, 0.25) is 0 Å². The molecule has 0 aliphatic rings. The summed E-state index contributed by atoms with van der Waals surface area (Å²) in [4.78, 5) is 32.0. The average Bonchev–Trinajstić information content (AvgIpc) is 3.31. The SMILES string of the molecule is CCCN(CCC)C(=O)c1cncc(C(=O)N[C@@H](Cc2cc(F)cc(F)c2)[C@H](O)CNCc2ccc(C)o2)c1. The lowest BCUT2D eigenvalue weighted by atomic mass is 10.00. The largest absolute Gasteiger partial charge is 0.465 e. The number of aliphatic hydroxyl groups is 1. The molecule has 10 heteroatoms. The first-order valence-corrected chi connectivity index (χ1v) is 13.1. The zero-order chi connectivity index (χ0) is 28.4. The number of hydrogen-bond acceptors (Lipinski definition) is 6. The molecule has 1 aromatic carbocycles. The molecule has 210 valence electrons. The number of furan rings is 1. The van der Waals surface area contributed by atoms with Crippen LogP contribution < -0.4 is 10.6 Å². The summed E-state index contributed by atoms with van der Waals surface area (Å²) in [5.74, 6) is -0.861. The third-order valence-corrected chi connectivity index (χ3v) is 6.13. The number of aromatic nitrogens is 1. The van der Waals surface area contributed by atoms with Crippen molar-refractivity contribution in [1.29, 1.82) is 0 Å². The van der Waals surface area contributed by atoms with Crippen molar-refractivity contribution in [2.75, 3.05) is 19.6 Å². The highest BCUT2D eigenvalue weighted by Gasteiger charge is 2.24. The van der Waals surface area contributed by atoms with Gasteiger partial charge in [-0.25, -0.2) is 8.78 Å². The van der Waals surface area contributed by atoms with Crippen LogP contribution in [-0.2, 0) is 13.0 Å². The van der Waals surface area contributed by atoms with Crippen molar-refractivity contribution in [2.45, 2.75) is 58.7 Å². The number of pyridine rings is 1. The van der Waals surface area contributed by atoms with Gasteiger partial charge in [-0.3, -0.25) is 14.6 Å². The van der Waals surface area contributed by atoms with Crippen LogP contribution in [0.15, 0.2) is 53.2 Å². The minimum absolute atomic E-state index is 0.0318. The Morgan fingerprint density at radius 3 is 2.31 bits per heavy atom. The molecule has 8 nitrogen and oxygen atoms in total. The van der Waals surface area contributed by atoms with Crippen LogP contribution in [0.3, 0.4) is 0 Å². The Balaban J connectivity index is 1.76. The quantitative estimate of drug-likeness (QED) is 0.284. The van der Waals surface area contributed by atoms with Crippen molar-refractivity contribution in [3.8, 4) is 0 Å². The summed E-state index contributed by atoms with van der Waals surface area (Å²) < 4.78 is 33.2. The Kier molecular flexibility index (Phi) is 11.1. The van der Waals surface area contributed by atoms with E-state index in [1.54, 1.807) is 4.90 Å². The number of amides is 2. The fourth-order valence-corrected chi connectivity index (χ4v) is 4.30. The molecule has 0 radical (unpaired) electrons. The minimum atomic E-state index is -1.11. The van der Waals surface area contributed by atoms with Crippen LogP contribution in [-0.4, -0.2) is 58.6 Å². The molecule has 2 heterocycles. The Hall–Kier alpha value is -3.63. The Morgan fingerprint density at radius 2 is 1.69 bits per heavy atom. The van der Waals surface area contributed by atoms with Crippen LogP contribution in [0, 0.1) is 18.6 Å². The standard InChI is InChI=1S/C29H36F2N4O4/c1-4-8-35(9-5-2)29(38)22-13-21(15-32-16-22)28(37)34-26(12-20-10-23(30)14-24(31)11-20)27(36)18-33-17-25-7-6-19(3)39-25/h6-7,10-11,13-16,26-27,33,36H,4-5,8-9,12,17-18H2,1-3H3,(H,34,37)/t26-,27+/m0/s1. The predicted molar refractivity (Wildman–Crippen MR) is 143 cm³/mol. The predicted octanol–water partition coefficient (Wildman–Crippen LogP) is 4.02. The third-order valence-electron chi connectivity index (χ3n) is 6.13. The maximum Gasteiger partial charge on any atom is 0.255 e. The number of halogens is 2. The normalized spacial score (nSPS) is 12.7. The van der Waals surface area contributed by atoms with E-state index in [2.05, 4.69) is 15.6 Å². The first kappa shape index (κ1) is 29.9. The minimum Gasteiger partial charge on any atom is -0.465 e. The first-order valence-electron chi connectivity index (χ1n) is 13.1. The lowest BCUT2D eigenvalue weighted by molar-refractivity contribution is 0.0755. The van der Waals surface area contributed by atoms with Gasteiger partial charge >= 0.3 is 0 Å². The van der Waals surface area contributed by atoms with E-state index in [0.29, 0.717) is 25.4 Å². The summed E-state index contributed by atoms with van der Waals surface area (Å²) in [6.07, 6.45) is 3.20. The Labute approximate surface area is 227 Å². The second-order valence-electron chi connectivity index (χ2n) is 9.53. The van der Waals surface area contributed by atoms with E-state index in [4.69, 9.17) is 4.42 Å². The summed E-state index contributed by atoms with van der Waals surface area (Å²) in [6, 6.07) is 7.27. The van der Waals surface area contributed by atoms with Gasteiger partial charge in [-0.15, -0.1) is 0 Å². The summed E-state index contributed by atoms with van der Waals surface area (Å²) >= 11 is 0. The van der Waals surface area contributed by atoms with E-state index < -0.39 is 29.7 Å². The summed E-state index contributed by atoms with van der Waals surface area (Å²) in [7, 11) is 0. The van der Waals surface area contributed by atoms with Gasteiger partial charge in [-0.1, -0.05) is 13.8 Å². The fourth-order valence-electron chi connectivity index (χ4n) is 4.30. The smallest absolute Gasteiger partial charge is 0.255 e. The summed E-state index contributed by atoms with van der Waals surface area (Å²) in [6.45, 7) is 7.39. The topological polar surface area (TPSA) is 108 Å². The van der Waals surface area contributed by atoms with Gasteiger partial charge in [-0.2, -0.15) is 0 Å². The molecule has 0 bridgehead atoms. The van der Waals surface area contributed by atoms with E-state index in [0.717, 1.165) is 36.8 Å². The van der Waals surface area contributed by atoms with Crippen LogP contribution in [0.4, 0.5) is 8.78 Å². The highest BCUT2D eigenvalue weighted by molar-refractivity contribution is 5.99. The number of rotatable bonds is 14. The van der Waals surface area contributed by atoms with Gasteiger partial charge in [0, 0.05) is 38.1 Å². The Morgan fingerprint density at radius 1 is 1.03 bits per heavy atom. The monoisotopic (exact) mass is 542 g/mol. The number of aryl methyl sites for hydroxylation is 1. The zero-order valence-electron chi connectivity index (χ0n) is 22.5. The molecular formula is C29H36F2N4O4. The highest BCUT2D eigenvalue weighted by Crippen LogP contribution is 2.14. The molecule has 39 heavy (non-hydrogen) atoms. The number of carbonyl (C=O) groups excluding carboxylic acids is 2. The lowest BCUT2D eigenvalue weighted by Crippen LogP contribution is -2.48. The van der Waals surface area contributed by atoms with E-state index in [9.17, 15) is 23.5 Å². The lowest BCUT2D eigenvalue weighted by Gasteiger charge is -2.25. The van der Waals surface area contributed by atoms with Crippen molar-refractivity contribution in [1.82, 2.24) is 20.5 Å². The van der Waals surface area contributed by atoms with E-state index in [1.807, 2.05) is 32.9 Å². The number of aliphatic hydroxyl groups excluding tert-OH is 1. The molecule has 0 aliphatic carbocycles. The van der Waals surface area contributed by atoms with Crippen LogP contribution in [0.5, 0.6) is 0 Å². The van der Waals surface area contributed by atoms with E-state index in [1.165, 1.54) is 18.5 Å².